The lowest BCUT2D eigenvalue weighted by molar-refractivity contribution is -0.115. The van der Waals surface area contributed by atoms with E-state index in [0.717, 1.165) is 36.4 Å². The second kappa shape index (κ2) is 22.8. The summed E-state index contributed by atoms with van der Waals surface area (Å²) in [6.45, 7) is 10.4. The van der Waals surface area contributed by atoms with Crippen molar-refractivity contribution in [1.29, 1.82) is 0 Å². The van der Waals surface area contributed by atoms with Gasteiger partial charge in [-0.05, 0) is 105 Å². The zero-order chi connectivity index (χ0) is 52.8. The van der Waals surface area contributed by atoms with Crippen LogP contribution in [0.4, 0.5) is 57.9 Å². The largest absolute Gasteiger partial charge is 0.478 e. The first-order valence-electron chi connectivity index (χ1n) is 23.7. The highest BCUT2D eigenvalue weighted by Gasteiger charge is 2.39. The number of benzene rings is 4. The van der Waals surface area contributed by atoms with Crippen LogP contribution in [0.15, 0.2) is 71.3 Å². The third-order valence-corrected chi connectivity index (χ3v) is 12.7. The summed E-state index contributed by atoms with van der Waals surface area (Å²) >= 11 is 0. The van der Waals surface area contributed by atoms with Crippen molar-refractivity contribution in [2.75, 3.05) is 41.0 Å². The molecule has 19 heteroatoms. The molecule has 1 heterocycles. The van der Waals surface area contributed by atoms with Crippen molar-refractivity contribution < 1.29 is 63.9 Å². The van der Waals surface area contributed by atoms with Gasteiger partial charge in [-0.2, -0.15) is 0 Å². The Morgan fingerprint density at radius 2 is 1.19 bits per heavy atom. The van der Waals surface area contributed by atoms with Gasteiger partial charge in [0.25, 0.3) is 0 Å². The van der Waals surface area contributed by atoms with Gasteiger partial charge in [-0.25, -0.2) is 44.7 Å². The first kappa shape index (κ1) is 54.7. The van der Waals surface area contributed by atoms with Crippen LogP contribution in [0.5, 0.6) is 0 Å². The number of hydrogen-bond acceptors (Lipinski definition) is 9. The molecular formula is C53H59F8N5O6. The first-order chi connectivity index (χ1) is 33.8. The number of anilines is 4. The second-order valence-electron chi connectivity index (χ2n) is 19.3. The number of amides is 1. The fourth-order valence-corrected chi connectivity index (χ4v) is 9.30. The zero-order valence-electron chi connectivity index (χ0n) is 40.9. The fraction of sp³-hybridized carbons (Fsp3) is 0.434. The van der Waals surface area contributed by atoms with Crippen molar-refractivity contribution in [3.63, 3.8) is 0 Å². The smallest absolute Gasteiger partial charge is 0.338 e. The van der Waals surface area contributed by atoms with Gasteiger partial charge in [0.05, 0.1) is 53.1 Å². The lowest BCUT2D eigenvalue weighted by Gasteiger charge is -2.40. The van der Waals surface area contributed by atoms with E-state index < -0.39 is 53.0 Å². The summed E-state index contributed by atoms with van der Waals surface area (Å²) in [7, 11) is 1.18. The van der Waals surface area contributed by atoms with Gasteiger partial charge in [0, 0.05) is 79.2 Å². The Kier molecular flexibility index (Phi) is 17.3. The number of aromatic carboxylic acids is 1. The fourth-order valence-electron chi connectivity index (χ4n) is 9.30. The predicted molar refractivity (Wildman–Crippen MR) is 259 cm³/mol. The van der Waals surface area contributed by atoms with Crippen molar-refractivity contribution in [3.05, 3.63) is 113 Å². The van der Waals surface area contributed by atoms with E-state index in [0.29, 0.717) is 30.2 Å². The lowest BCUT2D eigenvalue weighted by atomic mass is 9.89. The van der Waals surface area contributed by atoms with E-state index in [9.17, 15) is 45.8 Å². The van der Waals surface area contributed by atoms with Crippen molar-refractivity contribution in [3.8, 4) is 22.3 Å². The monoisotopic (exact) mass is 1010 g/mol. The number of aromatic nitrogens is 1. The zero-order valence-corrected chi connectivity index (χ0v) is 40.9. The number of carbonyl (C=O) groups is 3. The number of nitrogens with zero attached hydrogens (tertiary/aromatic N) is 3. The summed E-state index contributed by atoms with van der Waals surface area (Å²) in [4.78, 5) is 40.7. The number of carbonyl (C=O) groups excluding carboxylic acids is 2. The molecular weight excluding hydrogens is 955 g/mol. The summed E-state index contributed by atoms with van der Waals surface area (Å²) in [5.41, 5.74) is 6.94. The average molecular weight is 1010 g/mol. The number of nitrogens with one attached hydrogen (secondary N) is 1. The predicted octanol–water partition coefficient (Wildman–Crippen LogP) is 12.9. The van der Waals surface area contributed by atoms with Gasteiger partial charge in [0.15, 0.2) is 0 Å². The molecule has 0 aliphatic heterocycles. The molecule has 4 aromatic carbocycles. The molecule has 2 aliphatic rings. The molecule has 5 aromatic rings. The summed E-state index contributed by atoms with van der Waals surface area (Å²) in [6.07, 6.45) is -0.349. The minimum atomic E-state index is -2.77. The summed E-state index contributed by atoms with van der Waals surface area (Å²) < 4.78 is 124. The normalized spacial score (nSPS) is 15.7. The van der Waals surface area contributed by atoms with Gasteiger partial charge >= 0.3 is 11.9 Å². The van der Waals surface area contributed by atoms with Crippen molar-refractivity contribution in [2.45, 2.75) is 116 Å². The minimum absolute atomic E-state index is 0.00787. The van der Waals surface area contributed by atoms with E-state index in [2.05, 4.69) is 10.5 Å². The standard InChI is InChI=1S/C29H31F4N3O4.C24H28F4N2O2/c1-16(2)15-36(20-6-8-29(32,33)9-7-20)26-14-24(31)23(22-11-18(30)4-5-21(22)28(38)39)13-25(26)34-27(37)12-19-10-17(3)40-35-19;1-14(2)13-30(16-6-8-24(27,28)9-7-16)22-12-20(26)19(11-21(22)29)18-10-15(25)4-5-17(18)23(31)32-3/h4-5,10-11,13-14,16,20H,6-9,12,15H2,1-3H3,(H,34,37)(H,38,39);4-5,10-12,14,16H,6-9,13,29H2,1-3H3. The number of nitrogens with two attached hydrogens (primary N) is 1. The van der Waals surface area contributed by atoms with Crippen LogP contribution in [0, 0.1) is 42.0 Å². The van der Waals surface area contributed by atoms with Crippen LogP contribution in [-0.2, 0) is 16.0 Å². The van der Waals surface area contributed by atoms with Crippen LogP contribution in [0.3, 0.4) is 0 Å². The number of alkyl halides is 4. The van der Waals surface area contributed by atoms with Gasteiger partial charge in [-0.15, -0.1) is 0 Å². The molecule has 2 saturated carbocycles. The molecule has 2 aliphatic carbocycles. The number of halogens is 8. The lowest BCUT2D eigenvalue weighted by Crippen LogP contribution is -2.43. The Labute approximate surface area is 412 Å². The molecule has 0 spiro atoms. The number of rotatable bonds is 15. The molecule has 0 atom stereocenters. The van der Waals surface area contributed by atoms with Crippen LogP contribution in [-0.4, -0.2) is 72.2 Å². The highest BCUT2D eigenvalue weighted by molar-refractivity contribution is 6.00. The van der Waals surface area contributed by atoms with E-state index in [1.807, 2.05) is 37.5 Å². The average Bonchev–Trinajstić information content (AvgIpc) is 3.72. The van der Waals surface area contributed by atoms with E-state index >= 15 is 8.78 Å². The van der Waals surface area contributed by atoms with Gasteiger partial charge in [-0.1, -0.05) is 32.9 Å². The molecule has 388 valence electrons. The number of methoxy groups -OCH3 is 1. The molecule has 1 amide bonds. The molecule has 0 radical (unpaired) electrons. The number of carboxylic acids is 1. The van der Waals surface area contributed by atoms with Crippen molar-refractivity contribution >= 4 is 40.6 Å². The molecule has 1 aromatic heterocycles. The SMILES string of the molecule is COC(=O)c1ccc(F)cc1-c1cc(N)c(N(CC(C)C)C2CCC(F)(F)CC2)cc1F.Cc1cc(CC(=O)Nc2cc(-c3cc(F)ccc3C(=O)O)c(F)cc2N(CC(C)C)C2CCC(F)(F)CC2)no1. The highest BCUT2D eigenvalue weighted by Crippen LogP contribution is 2.43. The maximum Gasteiger partial charge on any atom is 0.338 e. The Bertz CT molecular complexity index is 2750. The topological polar surface area (TPSA) is 151 Å². The Balaban J connectivity index is 0.000000241. The number of hydrogen-bond donors (Lipinski definition) is 3. The second-order valence-corrected chi connectivity index (χ2v) is 19.3. The molecule has 7 rings (SSSR count). The minimum Gasteiger partial charge on any atom is -0.478 e. The summed E-state index contributed by atoms with van der Waals surface area (Å²) in [5, 5.41) is 16.2. The van der Waals surface area contributed by atoms with Crippen LogP contribution >= 0.6 is 0 Å². The molecule has 0 saturated heterocycles. The molecule has 4 N–H and O–H groups in total. The number of esters is 1. The van der Waals surface area contributed by atoms with Crippen LogP contribution in [0.2, 0.25) is 0 Å². The van der Waals surface area contributed by atoms with Crippen LogP contribution in [0.1, 0.15) is 111 Å². The van der Waals surface area contributed by atoms with E-state index in [-0.39, 0.29) is 132 Å². The van der Waals surface area contributed by atoms with Gasteiger partial charge in [0.2, 0.25) is 17.8 Å². The third-order valence-electron chi connectivity index (χ3n) is 12.7. The molecule has 2 fully saturated rings. The summed E-state index contributed by atoms with van der Waals surface area (Å²) in [6, 6.07) is 12.4. The van der Waals surface area contributed by atoms with Gasteiger partial charge in [0.1, 0.15) is 29.0 Å². The number of ether oxygens (including phenoxy) is 1. The Morgan fingerprint density at radius 1 is 0.722 bits per heavy atom. The highest BCUT2D eigenvalue weighted by atomic mass is 19.3. The quantitative estimate of drug-likeness (QED) is 0.0525. The van der Waals surface area contributed by atoms with Gasteiger partial charge in [-0.3, -0.25) is 4.79 Å². The van der Waals surface area contributed by atoms with E-state index in [4.69, 9.17) is 15.0 Å². The summed E-state index contributed by atoms with van der Waals surface area (Å²) in [5.74, 6) is -10.2. The van der Waals surface area contributed by atoms with E-state index in [1.165, 1.54) is 31.4 Å². The first-order valence-corrected chi connectivity index (χ1v) is 23.7. The van der Waals surface area contributed by atoms with Crippen molar-refractivity contribution in [1.82, 2.24) is 5.16 Å². The number of aryl methyl sites for hydroxylation is 1. The van der Waals surface area contributed by atoms with Crippen molar-refractivity contribution in [2.24, 2.45) is 11.8 Å². The third kappa shape index (κ3) is 13.6. The Hall–Kier alpha value is -6.66. The number of carboxylic acid groups (broad SMARTS) is 1. The maximum atomic E-state index is 15.8. The molecule has 72 heavy (non-hydrogen) atoms. The molecule has 11 nitrogen and oxygen atoms in total. The van der Waals surface area contributed by atoms with E-state index in [1.54, 1.807) is 13.0 Å². The van der Waals surface area contributed by atoms with Gasteiger partial charge < -0.3 is 35.2 Å². The molecule has 0 unspecified atom stereocenters. The van der Waals surface area contributed by atoms with Crippen LogP contribution in [0.25, 0.3) is 22.3 Å². The number of nitrogen functional groups attached to an aromatic ring is 1. The molecule has 0 bridgehead atoms. The Morgan fingerprint density at radius 3 is 1.67 bits per heavy atom. The maximum absolute atomic E-state index is 15.8. The van der Waals surface area contributed by atoms with Crippen LogP contribution < -0.4 is 20.9 Å².